The Morgan fingerprint density at radius 3 is 2.41 bits per heavy atom. The summed E-state index contributed by atoms with van der Waals surface area (Å²) in [5.74, 6) is 0.846. The average molecular weight is 481 g/mol. The lowest BCUT2D eigenvalue weighted by molar-refractivity contribution is 0.499. The molecule has 1 unspecified atom stereocenters. The number of aryl methyl sites for hydroxylation is 1. The van der Waals surface area contributed by atoms with Gasteiger partial charge in [0.15, 0.2) is 5.43 Å². The third-order valence-corrected chi connectivity index (χ3v) is 5.29. The lowest BCUT2D eigenvalue weighted by Gasteiger charge is -2.19. The second kappa shape index (κ2) is 9.72. The number of benzene rings is 1. The van der Waals surface area contributed by atoms with E-state index in [4.69, 9.17) is 16.0 Å². The number of anilines is 1. The van der Waals surface area contributed by atoms with Crippen molar-refractivity contribution >= 4 is 44.2 Å². The molecule has 0 saturated heterocycles. The molecular formula is C22H27BrClN3O2. The maximum atomic E-state index is 12.9. The zero-order valence-electron chi connectivity index (χ0n) is 17.9. The zero-order valence-corrected chi connectivity index (χ0v) is 20.2. The SMILES string of the molecule is CC.Cc1cc(C(C)Nc2cnc(Cl)nc2Br)c2oc(C(C)C)c(C)c(=O)c2c1. The predicted octanol–water partition coefficient (Wildman–Crippen LogP) is 6.94. The number of rotatable bonds is 4. The summed E-state index contributed by atoms with van der Waals surface area (Å²) in [6.45, 7) is 13.8. The van der Waals surface area contributed by atoms with Crippen molar-refractivity contribution in [3.63, 3.8) is 0 Å². The molecule has 0 saturated carbocycles. The van der Waals surface area contributed by atoms with E-state index in [1.54, 1.807) is 6.20 Å². The second-order valence-electron chi connectivity index (χ2n) is 7.02. The Bertz CT molecular complexity index is 1080. The van der Waals surface area contributed by atoms with Gasteiger partial charge in [-0.3, -0.25) is 4.79 Å². The van der Waals surface area contributed by atoms with E-state index in [0.717, 1.165) is 16.9 Å². The van der Waals surface area contributed by atoms with E-state index in [-0.39, 0.29) is 22.7 Å². The number of aromatic nitrogens is 2. The lowest BCUT2D eigenvalue weighted by Crippen LogP contribution is -2.14. The molecule has 5 nitrogen and oxygen atoms in total. The van der Waals surface area contributed by atoms with Crippen molar-refractivity contribution in [2.24, 2.45) is 0 Å². The standard InChI is InChI=1S/C20H21BrClN3O2.C2H6/c1-9(2)17-11(4)16(26)14-7-10(3)6-13(18(14)27-17)12(5)24-15-8-23-20(22)25-19(15)21;1-2/h6-9,12,24H,1-5H3;1-2H3. The fourth-order valence-electron chi connectivity index (χ4n) is 3.21. The molecule has 1 N–H and O–H groups in total. The molecule has 1 atom stereocenters. The molecule has 0 aliphatic heterocycles. The van der Waals surface area contributed by atoms with E-state index in [0.29, 0.717) is 26.8 Å². The third-order valence-electron chi connectivity index (χ3n) is 4.50. The van der Waals surface area contributed by atoms with E-state index < -0.39 is 0 Å². The van der Waals surface area contributed by atoms with E-state index in [2.05, 4.69) is 31.2 Å². The number of hydrogen-bond donors (Lipinski definition) is 1. The summed E-state index contributed by atoms with van der Waals surface area (Å²) in [5, 5.41) is 4.14. The minimum absolute atomic E-state index is 0.0214. The van der Waals surface area contributed by atoms with Gasteiger partial charge < -0.3 is 9.73 Å². The van der Waals surface area contributed by atoms with Crippen molar-refractivity contribution in [2.45, 2.75) is 60.4 Å². The molecule has 1 aromatic carbocycles. The van der Waals surface area contributed by atoms with Gasteiger partial charge in [-0.2, -0.15) is 0 Å². The van der Waals surface area contributed by atoms with Crippen molar-refractivity contribution in [1.82, 2.24) is 9.97 Å². The summed E-state index contributed by atoms with van der Waals surface area (Å²) in [6, 6.07) is 3.78. The quantitative estimate of drug-likeness (QED) is 0.323. The van der Waals surface area contributed by atoms with Gasteiger partial charge in [-0.25, -0.2) is 9.97 Å². The summed E-state index contributed by atoms with van der Waals surface area (Å²) in [4.78, 5) is 21.0. The lowest BCUT2D eigenvalue weighted by atomic mass is 9.98. The molecule has 3 rings (SSSR count). The molecule has 3 aromatic rings. The summed E-state index contributed by atoms with van der Waals surface area (Å²) in [7, 11) is 0. The first kappa shape index (κ1) is 23.4. The van der Waals surface area contributed by atoms with Crippen LogP contribution in [0.2, 0.25) is 5.28 Å². The van der Waals surface area contributed by atoms with Gasteiger partial charge >= 0.3 is 0 Å². The molecule has 0 amide bonds. The van der Waals surface area contributed by atoms with Crippen molar-refractivity contribution in [3.05, 3.63) is 60.9 Å². The number of nitrogens with one attached hydrogen (secondary N) is 1. The third kappa shape index (κ3) is 4.98. The molecule has 0 aliphatic rings. The number of hydrogen-bond acceptors (Lipinski definition) is 5. The maximum Gasteiger partial charge on any atom is 0.223 e. The van der Waals surface area contributed by atoms with Crippen LogP contribution in [0.3, 0.4) is 0 Å². The molecule has 7 heteroatoms. The first-order valence-corrected chi connectivity index (χ1v) is 10.9. The van der Waals surface area contributed by atoms with Gasteiger partial charge in [0.05, 0.1) is 23.3 Å². The molecule has 0 spiro atoms. The number of nitrogens with zero attached hydrogens (tertiary/aromatic N) is 2. The van der Waals surface area contributed by atoms with Crippen molar-refractivity contribution in [1.29, 1.82) is 0 Å². The van der Waals surface area contributed by atoms with Gasteiger partial charge in [0.25, 0.3) is 0 Å². The summed E-state index contributed by atoms with van der Waals surface area (Å²) in [6.07, 6.45) is 1.62. The summed E-state index contributed by atoms with van der Waals surface area (Å²) in [5.41, 5.74) is 3.93. The monoisotopic (exact) mass is 479 g/mol. The maximum absolute atomic E-state index is 12.9. The largest absolute Gasteiger partial charge is 0.460 e. The first-order valence-electron chi connectivity index (χ1n) is 9.71. The normalized spacial score (nSPS) is 11.9. The van der Waals surface area contributed by atoms with E-state index >= 15 is 0 Å². The molecule has 0 bridgehead atoms. The fraction of sp³-hybridized carbons (Fsp3) is 0.409. The Kier molecular flexibility index (Phi) is 7.83. The van der Waals surface area contributed by atoms with E-state index in [9.17, 15) is 4.79 Å². The Hall–Kier alpha value is -1.92. The smallest absolute Gasteiger partial charge is 0.223 e. The highest BCUT2D eigenvalue weighted by molar-refractivity contribution is 9.10. The summed E-state index contributed by atoms with van der Waals surface area (Å²) >= 11 is 9.21. The highest BCUT2D eigenvalue weighted by Crippen LogP contribution is 2.32. The molecule has 2 aromatic heterocycles. The topological polar surface area (TPSA) is 68.0 Å². The Morgan fingerprint density at radius 2 is 1.83 bits per heavy atom. The van der Waals surface area contributed by atoms with Crippen LogP contribution in [0.15, 0.2) is 32.1 Å². The fourth-order valence-corrected chi connectivity index (χ4v) is 3.83. The van der Waals surface area contributed by atoms with Crippen molar-refractivity contribution in [2.75, 3.05) is 5.32 Å². The van der Waals surface area contributed by atoms with Crippen LogP contribution in [0.4, 0.5) is 5.69 Å². The number of fused-ring (bicyclic) bond motifs is 1. The average Bonchev–Trinajstić information content (AvgIpc) is 2.68. The van der Waals surface area contributed by atoms with Gasteiger partial charge in [-0.1, -0.05) is 33.8 Å². The van der Waals surface area contributed by atoms with Crippen LogP contribution < -0.4 is 10.7 Å². The summed E-state index contributed by atoms with van der Waals surface area (Å²) < 4.78 is 6.80. The van der Waals surface area contributed by atoms with Gasteiger partial charge in [0.2, 0.25) is 5.28 Å². The highest BCUT2D eigenvalue weighted by atomic mass is 79.9. The van der Waals surface area contributed by atoms with E-state index in [1.807, 2.05) is 60.6 Å². The minimum atomic E-state index is -0.139. The molecule has 29 heavy (non-hydrogen) atoms. The van der Waals surface area contributed by atoms with Crippen LogP contribution in [0.5, 0.6) is 0 Å². The molecule has 2 heterocycles. The van der Waals surface area contributed by atoms with Crippen LogP contribution in [-0.2, 0) is 0 Å². The highest BCUT2D eigenvalue weighted by Gasteiger charge is 2.20. The van der Waals surface area contributed by atoms with Crippen molar-refractivity contribution in [3.8, 4) is 0 Å². The van der Waals surface area contributed by atoms with Gasteiger partial charge in [-0.15, -0.1) is 0 Å². The van der Waals surface area contributed by atoms with Gasteiger partial charge in [0.1, 0.15) is 15.9 Å². The predicted molar refractivity (Wildman–Crippen MR) is 124 cm³/mol. The second-order valence-corrected chi connectivity index (χ2v) is 8.10. The molecule has 0 fully saturated rings. The van der Waals surface area contributed by atoms with Crippen LogP contribution in [0.25, 0.3) is 11.0 Å². The van der Waals surface area contributed by atoms with Crippen molar-refractivity contribution < 1.29 is 4.42 Å². The molecule has 0 radical (unpaired) electrons. The van der Waals surface area contributed by atoms with Gasteiger partial charge in [0, 0.05) is 17.0 Å². The van der Waals surface area contributed by atoms with Crippen LogP contribution >= 0.6 is 27.5 Å². The first-order chi connectivity index (χ1) is 13.7. The molecule has 156 valence electrons. The van der Waals surface area contributed by atoms with Crippen LogP contribution in [-0.4, -0.2) is 9.97 Å². The zero-order chi connectivity index (χ0) is 21.9. The Morgan fingerprint density at radius 1 is 1.17 bits per heavy atom. The van der Waals surface area contributed by atoms with Crippen LogP contribution in [0.1, 0.15) is 69.0 Å². The van der Waals surface area contributed by atoms with Crippen LogP contribution in [0, 0.1) is 13.8 Å². The molecule has 0 aliphatic carbocycles. The molecular weight excluding hydrogens is 454 g/mol. The van der Waals surface area contributed by atoms with Gasteiger partial charge in [-0.05, 0) is 59.9 Å². The Labute approximate surface area is 185 Å². The minimum Gasteiger partial charge on any atom is -0.460 e. The van der Waals surface area contributed by atoms with E-state index in [1.165, 1.54) is 0 Å². The Balaban J connectivity index is 0.00000145. The number of halogens is 2.